The first-order valence-electron chi connectivity index (χ1n) is 4.56. The minimum Gasteiger partial charge on any atom is -0.374 e. The Bertz CT molecular complexity index is 114. The van der Waals surface area contributed by atoms with Gasteiger partial charge < -0.3 is 10.1 Å². The van der Waals surface area contributed by atoms with Gasteiger partial charge in [-0.1, -0.05) is 13.8 Å². The minimum atomic E-state index is 0.380. The second kappa shape index (κ2) is 4.07. The zero-order valence-electron chi connectivity index (χ0n) is 7.76. The van der Waals surface area contributed by atoms with Crippen molar-refractivity contribution in [1.82, 2.24) is 5.32 Å². The summed E-state index contributed by atoms with van der Waals surface area (Å²) in [4.78, 5) is 0. The van der Waals surface area contributed by atoms with Crippen molar-refractivity contribution in [1.29, 1.82) is 0 Å². The van der Waals surface area contributed by atoms with E-state index in [-0.39, 0.29) is 0 Å². The van der Waals surface area contributed by atoms with Crippen molar-refractivity contribution in [3.05, 3.63) is 0 Å². The van der Waals surface area contributed by atoms with Gasteiger partial charge in [-0.25, -0.2) is 0 Å². The Morgan fingerprint density at radius 1 is 1.45 bits per heavy atom. The van der Waals surface area contributed by atoms with Crippen LogP contribution in [0, 0.1) is 5.92 Å². The summed E-state index contributed by atoms with van der Waals surface area (Å²) in [5, 5.41) is 3.36. The van der Waals surface area contributed by atoms with Crippen LogP contribution >= 0.6 is 0 Å². The van der Waals surface area contributed by atoms with Crippen LogP contribution in [0.2, 0.25) is 0 Å². The Morgan fingerprint density at radius 2 is 2.18 bits per heavy atom. The van der Waals surface area contributed by atoms with Gasteiger partial charge in [0, 0.05) is 6.54 Å². The van der Waals surface area contributed by atoms with Crippen LogP contribution in [-0.2, 0) is 4.74 Å². The molecule has 1 fully saturated rings. The van der Waals surface area contributed by atoms with Gasteiger partial charge in [-0.15, -0.1) is 0 Å². The molecule has 0 aromatic heterocycles. The zero-order valence-corrected chi connectivity index (χ0v) is 7.76. The molecule has 66 valence electrons. The molecule has 0 aromatic rings. The Morgan fingerprint density at radius 3 is 2.82 bits per heavy atom. The van der Waals surface area contributed by atoms with Gasteiger partial charge in [0.25, 0.3) is 0 Å². The minimum absolute atomic E-state index is 0.380. The topological polar surface area (TPSA) is 21.3 Å². The molecule has 0 bridgehead atoms. The molecule has 1 aliphatic heterocycles. The summed E-state index contributed by atoms with van der Waals surface area (Å²) in [5.41, 5.74) is 0. The zero-order chi connectivity index (χ0) is 8.27. The molecule has 1 aliphatic rings. The lowest BCUT2D eigenvalue weighted by Crippen LogP contribution is -2.25. The standard InChI is InChI=1S/C9H19NO/c1-7(2)9-4-5-10-6-8(3)11-9/h7-10H,4-6H2,1-3H3. The molecule has 0 aliphatic carbocycles. The van der Waals surface area contributed by atoms with E-state index in [0.717, 1.165) is 19.5 Å². The molecule has 1 heterocycles. The highest BCUT2D eigenvalue weighted by molar-refractivity contribution is 4.71. The van der Waals surface area contributed by atoms with Crippen molar-refractivity contribution >= 4 is 0 Å². The maximum Gasteiger partial charge on any atom is 0.0675 e. The molecule has 0 aromatic carbocycles. The van der Waals surface area contributed by atoms with Crippen LogP contribution in [0.3, 0.4) is 0 Å². The van der Waals surface area contributed by atoms with Crippen LogP contribution in [0.15, 0.2) is 0 Å². The average Bonchev–Trinajstić information content (AvgIpc) is 2.13. The molecular weight excluding hydrogens is 138 g/mol. The number of nitrogens with one attached hydrogen (secondary N) is 1. The van der Waals surface area contributed by atoms with Gasteiger partial charge in [0.1, 0.15) is 0 Å². The van der Waals surface area contributed by atoms with Crippen molar-refractivity contribution < 1.29 is 4.74 Å². The molecule has 0 amide bonds. The van der Waals surface area contributed by atoms with Gasteiger partial charge in [0.15, 0.2) is 0 Å². The fraction of sp³-hybridized carbons (Fsp3) is 1.00. The van der Waals surface area contributed by atoms with Crippen molar-refractivity contribution in [3.8, 4) is 0 Å². The van der Waals surface area contributed by atoms with Crippen molar-refractivity contribution in [2.24, 2.45) is 5.92 Å². The van der Waals surface area contributed by atoms with Crippen molar-refractivity contribution in [3.63, 3.8) is 0 Å². The number of ether oxygens (including phenoxy) is 1. The average molecular weight is 157 g/mol. The highest BCUT2D eigenvalue weighted by Gasteiger charge is 2.19. The predicted molar refractivity (Wildman–Crippen MR) is 46.7 cm³/mol. The molecule has 2 nitrogen and oxygen atoms in total. The van der Waals surface area contributed by atoms with E-state index >= 15 is 0 Å². The summed E-state index contributed by atoms with van der Waals surface area (Å²) in [6, 6.07) is 0. The van der Waals surface area contributed by atoms with Gasteiger partial charge in [-0.05, 0) is 25.8 Å². The molecule has 0 saturated carbocycles. The summed E-state index contributed by atoms with van der Waals surface area (Å²) < 4.78 is 5.81. The quantitative estimate of drug-likeness (QED) is 0.621. The highest BCUT2D eigenvalue weighted by atomic mass is 16.5. The first-order chi connectivity index (χ1) is 5.20. The van der Waals surface area contributed by atoms with Crippen LogP contribution in [0.4, 0.5) is 0 Å². The van der Waals surface area contributed by atoms with Crippen LogP contribution in [0.5, 0.6) is 0 Å². The number of hydrogen-bond acceptors (Lipinski definition) is 2. The fourth-order valence-corrected chi connectivity index (χ4v) is 1.45. The molecule has 0 radical (unpaired) electrons. The van der Waals surface area contributed by atoms with E-state index < -0.39 is 0 Å². The number of rotatable bonds is 1. The first-order valence-corrected chi connectivity index (χ1v) is 4.56. The van der Waals surface area contributed by atoms with Gasteiger partial charge in [0.2, 0.25) is 0 Å². The molecule has 11 heavy (non-hydrogen) atoms. The van der Waals surface area contributed by atoms with Crippen molar-refractivity contribution in [2.45, 2.75) is 39.4 Å². The van der Waals surface area contributed by atoms with Gasteiger partial charge in [-0.2, -0.15) is 0 Å². The van der Waals surface area contributed by atoms with Crippen LogP contribution in [0.1, 0.15) is 27.2 Å². The third-order valence-corrected chi connectivity index (χ3v) is 2.19. The molecule has 2 heteroatoms. The summed E-state index contributed by atoms with van der Waals surface area (Å²) in [6.07, 6.45) is 1.99. The number of hydrogen-bond donors (Lipinski definition) is 1. The highest BCUT2D eigenvalue weighted by Crippen LogP contribution is 2.14. The van der Waals surface area contributed by atoms with E-state index in [1.807, 2.05) is 0 Å². The Labute approximate surface area is 69.3 Å². The van der Waals surface area contributed by atoms with E-state index in [0.29, 0.717) is 18.1 Å². The first kappa shape index (κ1) is 9.01. The predicted octanol–water partition coefficient (Wildman–Crippen LogP) is 1.41. The van der Waals surface area contributed by atoms with Crippen molar-refractivity contribution in [2.75, 3.05) is 13.1 Å². The second-order valence-electron chi connectivity index (χ2n) is 3.72. The van der Waals surface area contributed by atoms with Crippen LogP contribution in [0.25, 0.3) is 0 Å². The third-order valence-electron chi connectivity index (χ3n) is 2.19. The van der Waals surface area contributed by atoms with E-state index in [2.05, 4.69) is 26.1 Å². The molecule has 2 unspecified atom stereocenters. The summed E-state index contributed by atoms with van der Waals surface area (Å²) in [5.74, 6) is 0.650. The molecule has 2 atom stereocenters. The van der Waals surface area contributed by atoms with E-state index in [9.17, 15) is 0 Å². The third kappa shape index (κ3) is 2.80. The summed E-state index contributed by atoms with van der Waals surface area (Å²) >= 11 is 0. The lowest BCUT2D eigenvalue weighted by molar-refractivity contribution is -0.0162. The van der Waals surface area contributed by atoms with Gasteiger partial charge >= 0.3 is 0 Å². The maximum absolute atomic E-state index is 5.81. The molecule has 0 spiro atoms. The molecule has 1 N–H and O–H groups in total. The molecular formula is C9H19NO. The van der Waals surface area contributed by atoms with Gasteiger partial charge in [-0.3, -0.25) is 0 Å². The van der Waals surface area contributed by atoms with E-state index in [1.54, 1.807) is 0 Å². The largest absolute Gasteiger partial charge is 0.374 e. The molecule has 1 saturated heterocycles. The van der Waals surface area contributed by atoms with Crippen LogP contribution < -0.4 is 5.32 Å². The maximum atomic E-state index is 5.81. The Hall–Kier alpha value is -0.0800. The van der Waals surface area contributed by atoms with E-state index in [1.165, 1.54) is 0 Å². The summed E-state index contributed by atoms with van der Waals surface area (Å²) in [7, 11) is 0. The summed E-state index contributed by atoms with van der Waals surface area (Å²) in [6.45, 7) is 8.69. The Balaban J connectivity index is 2.39. The lowest BCUT2D eigenvalue weighted by Gasteiger charge is -2.21. The van der Waals surface area contributed by atoms with E-state index in [4.69, 9.17) is 4.74 Å². The molecule has 1 rings (SSSR count). The fourth-order valence-electron chi connectivity index (χ4n) is 1.45. The van der Waals surface area contributed by atoms with Crippen LogP contribution in [-0.4, -0.2) is 25.3 Å². The smallest absolute Gasteiger partial charge is 0.0675 e. The monoisotopic (exact) mass is 157 g/mol. The SMILES string of the molecule is CC1CNCCC(C(C)C)O1. The Kier molecular flexibility index (Phi) is 3.34. The van der Waals surface area contributed by atoms with Gasteiger partial charge in [0.05, 0.1) is 12.2 Å². The normalized spacial score (nSPS) is 33.8. The second-order valence-corrected chi connectivity index (χ2v) is 3.72. The lowest BCUT2D eigenvalue weighted by atomic mass is 10.0.